The lowest BCUT2D eigenvalue weighted by atomic mass is 9.78. The van der Waals surface area contributed by atoms with Crippen molar-refractivity contribution in [2.24, 2.45) is 5.92 Å². The Hall–Kier alpha value is -0.820. The van der Waals surface area contributed by atoms with Gasteiger partial charge < -0.3 is 5.32 Å². The molecule has 1 aliphatic rings. The SMILES string of the molecule is CCNC(CC1CCC1)c1ccc(C(C)C)cc1C(C)C. The normalized spacial score (nSPS) is 17.3. The first-order valence-corrected chi connectivity index (χ1v) is 8.90. The van der Waals surface area contributed by atoms with Crippen LogP contribution in [-0.4, -0.2) is 6.54 Å². The highest BCUT2D eigenvalue weighted by Crippen LogP contribution is 2.37. The Morgan fingerprint density at radius 2 is 1.76 bits per heavy atom. The van der Waals surface area contributed by atoms with Crippen molar-refractivity contribution in [2.75, 3.05) is 6.54 Å². The van der Waals surface area contributed by atoms with Crippen molar-refractivity contribution in [3.05, 3.63) is 34.9 Å². The van der Waals surface area contributed by atoms with Gasteiger partial charge in [0.2, 0.25) is 0 Å². The van der Waals surface area contributed by atoms with E-state index < -0.39 is 0 Å². The summed E-state index contributed by atoms with van der Waals surface area (Å²) in [6.45, 7) is 12.5. The highest BCUT2D eigenvalue weighted by molar-refractivity contribution is 5.37. The van der Waals surface area contributed by atoms with Crippen LogP contribution in [0.25, 0.3) is 0 Å². The number of nitrogens with one attached hydrogen (secondary N) is 1. The Morgan fingerprint density at radius 3 is 2.24 bits per heavy atom. The van der Waals surface area contributed by atoms with Crippen molar-refractivity contribution < 1.29 is 0 Å². The van der Waals surface area contributed by atoms with Crippen molar-refractivity contribution in [1.29, 1.82) is 0 Å². The van der Waals surface area contributed by atoms with Gasteiger partial charge in [0.1, 0.15) is 0 Å². The second kappa shape index (κ2) is 7.45. The summed E-state index contributed by atoms with van der Waals surface area (Å²) in [5.41, 5.74) is 4.57. The average molecular weight is 287 g/mol. The lowest BCUT2D eigenvalue weighted by Gasteiger charge is -2.32. The molecule has 1 unspecified atom stereocenters. The minimum Gasteiger partial charge on any atom is -0.310 e. The Bertz CT molecular complexity index is 443. The first-order valence-electron chi connectivity index (χ1n) is 8.90. The van der Waals surface area contributed by atoms with E-state index in [1.807, 2.05) is 0 Å². The van der Waals surface area contributed by atoms with Gasteiger partial charge in [0.25, 0.3) is 0 Å². The Morgan fingerprint density at radius 1 is 1.05 bits per heavy atom. The van der Waals surface area contributed by atoms with Crippen LogP contribution in [0.2, 0.25) is 0 Å². The maximum Gasteiger partial charge on any atom is 0.0325 e. The maximum absolute atomic E-state index is 3.74. The van der Waals surface area contributed by atoms with Gasteiger partial charge in [-0.15, -0.1) is 0 Å². The molecule has 0 radical (unpaired) electrons. The molecule has 1 heteroatoms. The Kier molecular flexibility index (Phi) is 5.87. The molecule has 0 amide bonds. The second-order valence-corrected chi connectivity index (χ2v) is 7.34. The summed E-state index contributed by atoms with van der Waals surface area (Å²) in [5, 5.41) is 3.74. The highest BCUT2D eigenvalue weighted by atomic mass is 14.9. The molecule has 2 rings (SSSR count). The number of hydrogen-bond acceptors (Lipinski definition) is 1. The molecular formula is C20H33N. The van der Waals surface area contributed by atoms with Gasteiger partial charge in [0.05, 0.1) is 0 Å². The van der Waals surface area contributed by atoms with E-state index in [0.717, 1.165) is 12.5 Å². The summed E-state index contributed by atoms with van der Waals surface area (Å²) in [4.78, 5) is 0. The molecule has 1 aromatic rings. The van der Waals surface area contributed by atoms with Crippen molar-refractivity contribution in [3.8, 4) is 0 Å². The van der Waals surface area contributed by atoms with Gasteiger partial charge >= 0.3 is 0 Å². The summed E-state index contributed by atoms with van der Waals surface area (Å²) in [7, 11) is 0. The molecule has 1 aromatic carbocycles. The van der Waals surface area contributed by atoms with E-state index in [-0.39, 0.29) is 0 Å². The van der Waals surface area contributed by atoms with Gasteiger partial charge in [-0.05, 0) is 47.4 Å². The topological polar surface area (TPSA) is 12.0 Å². The van der Waals surface area contributed by atoms with E-state index in [1.165, 1.54) is 31.2 Å². The van der Waals surface area contributed by atoms with E-state index in [9.17, 15) is 0 Å². The molecule has 0 spiro atoms. The van der Waals surface area contributed by atoms with Crippen LogP contribution in [0, 0.1) is 5.92 Å². The molecule has 118 valence electrons. The van der Waals surface area contributed by atoms with Gasteiger partial charge in [-0.1, -0.05) is 72.1 Å². The molecule has 1 saturated carbocycles. The summed E-state index contributed by atoms with van der Waals surface area (Å²) >= 11 is 0. The molecule has 21 heavy (non-hydrogen) atoms. The fraction of sp³-hybridized carbons (Fsp3) is 0.700. The average Bonchev–Trinajstić information content (AvgIpc) is 2.40. The van der Waals surface area contributed by atoms with Gasteiger partial charge in [0.15, 0.2) is 0 Å². The Balaban J connectivity index is 2.28. The molecule has 0 bridgehead atoms. The largest absolute Gasteiger partial charge is 0.310 e. The summed E-state index contributed by atoms with van der Waals surface area (Å²) in [6.07, 6.45) is 5.62. The van der Waals surface area contributed by atoms with E-state index in [1.54, 1.807) is 11.1 Å². The first kappa shape index (κ1) is 16.5. The van der Waals surface area contributed by atoms with Crippen LogP contribution in [0.5, 0.6) is 0 Å². The zero-order valence-electron chi connectivity index (χ0n) is 14.6. The molecule has 0 heterocycles. The monoisotopic (exact) mass is 287 g/mol. The van der Waals surface area contributed by atoms with Crippen molar-refractivity contribution in [2.45, 2.75) is 78.2 Å². The van der Waals surface area contributed by atoms with Crippen LogP contribution in [-0.2, 0) is 0 Å². The molecule has 1 nitrogen and oxygen atoms in total. The molecular weight excluding hydrogens is 254 g/mol. The van der Waals surface area contributed by atoms with Gasteiger partial charge in [-0.25, -0.2) is 0 Å². The maximum atomic E-state index is 3.74. The molecule has 0 aromatic heterocycles. The third kappa shape index (κ3) is 4.10. The van der Waals surface area contributed by atoms with Crippen molar-refractivity contribution in [1.82, 2.24) is 5.32 Å². The first-order chi connectivity index (χ1) is 10.0. The lowest BCUT2D eigenvalue weighted by molar-refractivity contribution is 0.261. The number of rotatable bonds is 7. The van der Waals surface area contributed by atoms with Crippen LogP contribution < -0.4 is 5.32 Å². The predicted molar refractivity (Wildman–Crippen MR) is 93.0 cm³/mol. The number of benzene rings is 1. The van der Waals surface area contributed by atoms with Crippen LogP contribution >= 0.6 is 0 Å². The zero-order chi connectivity index (χ0) is 15.4. The minimum absolute atomic E-state index is 0.541. The Labute approximate surface area is 131 Å². The quantitative estimate of drug-likeness (QED) is 0.671. The standard InChI is InChI=1S/C20H33N/c1-6-21-20(12-16-8-7-9-16)18-11-10-17(14(2)3)13-19(18)15(4)5/h10-11,13-16,20-21H,6-9,12H2,1-5H3. The van der Waals surface area contributed by atoms with E-state index in [4.69, 9.17) is 0 Å². The van der Waals surface area contributed by atoms with Crippen LogP contribution in [0.3, 0.4) is 0 Å². The second-order valence-electron chi connectivity index (χ2n) is 7.34. The van der Waals surface area contributed by atoms with Crippen LogP contribution in [0.4, 0.5) is 0 Å². The fourth-order valence-corrected chi connectivity index (χ4v) is 3.40. The smallest absolute Gasteiger partial charge is 0.0325 e. The summed E-state index contributed by atoms with van der Waals surface area (Å²) < 4.78 is 0. The van der Waals surface area contributed by atoms with Gasteiger partial charge in [-0.2, -0.15) is 0 Å². The number of hydrogen-bond donors (Lipinski definition) is 1. The van der Waals surface area contributed by atoms with E-state index in [2.05, 4.69) is 58.1 Å². The molecule has 1 N–H and O–H groups in total. The van der Waals surface area contributed by atoms with Crippen molar-refractivity contribution in [3.63, 3.8) is 0 Å². The van der Waals surface area contributed by atoms with E-state index in [0.29, 0.717) is 17.9 Å². The van der Waals surface area contributed by atoms with Crippen LogP contribution in [0.15, 0.2) is 18.2 Å². The third-order valence-electron chi connectivity index (χ3n) is 5.02. The molecule has 0 saturated heterocycles. The summed E-state index contributed by atoms with van der Waals surface area (Å²) in [5.74, 6) is 2.15. The zero-order valence-corrected chi connectivity index (χ0v) is 14.6. The van der Waals surface area contributed by atoms with Crippen molar-refractivity contribution >= 4 is 0 Å². The highest BCUT2D eigenvalue weighted by Gasteiger charge is 2.24. The van der Waals surface area contributed by atoms with Gasteiger partial charge in [-0.3, -0.25) is 0 Å². The predicted octanol–water partition coefficient (Wildman–Crippen LogP) is 5.77. The third-order valence-corrected chi connectivity index (χ3v) is 5.02. The molecule has 1 fully saturated rings. The summed E-state index contributed by atoms with van der Waals surface area (Å²) in [6, 6.07) is 7.74. The van der Waals surface area contributed by atoms with Crippen LogP contribution in [0.1, 0.15) is 94.9 Å². The van der Waals surface area contributed by atoms with E-state index >= 15 is 0 Å². The minimum atomic E-state index is 0.541. The molecule has 1 aliphatic carbocycles. The molecule has 0 aliphatic heterocycles. The molecule has 1 atom stereocenters. The van der Waals surface area contributed by atoms with Gasteiger partial charge in [0, 0.05) is 6.04 Å². The fourth-order valence-electron chi connectivity index (χ4n) is 3.40. The lowest BCUT2D eigenvalue weighted by Crippen LogP contribution is -2.27.